The highest BCUT2D eigenvalue weighted by Gasteiger charge is 2.26. The van der Waals surface area contributed by atoms with Gasteiger partial charge in [-0.1, -0.05) is 0 Å². The van der Waals surface area contributed by atoms with Crippen molar-refractivity contribution in [2.75, 3.05) is 20.3 Å². The molecule has 0 bridgehead atoms. The third kappa shape index (κ3) is 2.86. The molecule has 0 aliphatic heterocycles. The Bertz CT molecular complexity index is 143. The number of nitrogens with one attached hydrogen (secondary N) is 1. The number of ether oxygens (including phenoxy) is 1. The minimum Gasteiger partial charge on any atom is -0.383 e. The maximum Gasteiger partial charge on any atom is 0.113 e. The summed E-state index contributed by atoms with van der Waals surface area (Å²) >= 11 is 0. The van der Waals surface area contributed by atoms with E-state index < -0.39 is 0 Å². The predicted molar refractivity (Wildman–Crippen MR) is 44.2 cm³/mol. The second kappa shape index (κ2) is 4.31. The molecule has 4 nitrogen and oxygen atoms in total. The molecule has 0 radical (unpaired) electrons. The zero-order chi connectivity index (χ0) is 8.10. The summed E-state index contributed by atoms with van der Waals surface area (Å²) in [6.07, 6.45) is 2.44. The smallest absolute Gasteiger partial charge is 0.113 e. The predicted octanol–water partition coefficient (Wildman–Crippen LogP) is -0.0954. The maximum absolute atomic E-state index is 5.27. The molecule has 0 aromatic rings. The average Bonchev–Trinajstić information content (AvgIpc) is 2.81. The molecule has 11 heavy (non-hydrogen) atoms. The van der Waals surface area contributed by atoms with Crippen molar-refractivity contribution >= 4 is 5.84 Å². The number of hydrogen-bond donors (Lipinski definition) is 2. The zero-order valence-electron chi connectivity index (χ0n) is 6.84. The van der Waals surface area contributed by atoms with Crippen molar-refractivity contribution in [3.63, 3.8) is 0 Å². The van der Waals surface area contributed by atoms with Crippen LogP contribution in [-0.4, -0.2) is 26.1 Å². The lowest BCUT2D eigenvalue weighted by Crippen LogP contribution is -2.32. The fourth-order valence-electron chi connectivity index (χ4n) is 0.907. The molecule has 0 spiro atoms. The lowest BCUT2D eigenvalue weighted by Gasteiger charge is -2.02. The normalized spacial score (nSPS) is 18.5. The molecule has 0 aromatic heterocycles. The Hall–Kier alpha value is -0.610. The molecule has 1 rings (SSSR count). The van der Waals surface area contributed by atoms with Crippen molar-refractivity contribution < 1.29 is 4.74 Å². The number of nitrogens with zero attached hydrogens (tertiary/aromatic N) is 1. The number of rotatable bonds is 4. The first kappa shape index (κ1) is 8.49. The summed E-state index contributed by atoms with van der Waals surface area (Å²) in [6, 6.07) is 0. The fraction of sp³-hybridized carbons (Fsp3) is 0.857. The van der Waals surface area contributed by atoms with Gasteiger partial charge in [0.05, 0.1) is 13.2 Å². The van der Waals surface area contributed by atoms with Gasteiger partial charge in [-0.3, -0.25) is 4.99 Å². The summed E-state index contributed by atoms with van der Waals surface area (Å²) in [5, 5.41) is 0. The largest absolute Gasteiger partial charge is 0.383 e. The van der Waals surface area contributed by atoms with Gasteiger partial charge in [0.2, 0.25) is 0 Å². The number of hydrazine groups is 1. The molecule has 1 aliphatic rings. The minimum atomic E-state index is 0.594. The van der Waals surface area contributed by atoms with E-state index in [-0.39, 0.29) is 0 Å². The van der Waals surface area contributed by atoms with Gasteiger partial charge in [0.1, 0.15) is 5.84 Å². The van der Waals surface area contributed by atoms with E-state index in [4.69, 9.17) is 10.6 Å². The van der Waals surface area contributed by atoms with Crippen LogP contribution in [0.5, 0.6) is 0 Å². The highest BCUT2D eigenvalue weighted by Crippen LogP contribution is 2.29. The van der Waals surface area contributed by atoms with E-state index in [0.29, 0.717) is 19.1 Å². The summed E-state index contributed by atoms with van der Waals surface area (Å²) in [7, 11) is 1.67. The first-order chi connectivity index (χ1) is 5.38. The van der Waals surface area contributed by atoms with Crippen molar-refractivity contribution in [1.29, 1.82) is 0 Å². The van der Waals surface area contributed by atoms with Crippen LogP contribution in [0.25, 0.3) is 0 Å². The number of methoxy groups -OCH3 is 1. The van der Waals surface area contributed by atoms with Crippen LogP contribution in [0.3, 0.4) is 0 Å². The molecule has 64 valence electrons. The third-order valence-electron chi connectivity index (χ3n) is 1.69. The van der Waals surface area contributed by atoms with Crippen molar-refractivity contribution in [2.24, 2.45) is 16.8 Å². The molecule has 1 aliphatic carbocycles. The van der Waals surface area contributed by atoms with Crippen molar-refractivity contribution in [1.82, 2.24) is 5.43 Å². The second-order valence-corrected chi connectivity index (χ2v) is 2.68. The number of nitrogens with two attached hydrogens (primary N) is 1. The summed E-state index contributed by atoms with van der Waals surface area (Å²) < 4.78 is 4.86. The summed E-state index contributed by atoms with van der Waals surface area (Å²) in [4.78, 5) is 4.25. The maximum atomic E-state index is 5.27. The van der Waals surface area contributed by atoms with Crippen molar-refractivity contribution in [3.05, 3.63) is 0 Å². The first-order valence-corrected chi connectivity index (χ1v) is 3.88. The second-order valence-electron chi connectivity index (χ2n) is 2.68. The van der Waals surface area contributed by atoms with E-state index in [2.05, 4.69) is 10.4 Å². The minimum absolute atomic E-state index is 0.594. The van der Waals surface area contributed by atoms with Crippen molar-refractivity contribution in [2.45, 2.75) is 12.8 Å². The van der Waals surface area contributed by atoms with Gasteiger partial charge >= 0.3 is 0 Å². The lowest BCUT2D eigenvalue weighted by atomic mass is 10.4. The van der Waals surface area contributed by atoms with Gasteiger partial charge in [-0.2, -0.15) is 0 Å². The van der Waals surface area contributed by atoms with Crippen LogP contribution in [0.2, 0.25) is 0 Å². The van der Waals surface area contributed by atoms with Gasteiger partial charge in [-0.05, 0) is 12.8 Å². The van der Waals surface area contributed by atoms with Gasteiger partial charge in [0.15, 0.2) is 0 Å². The van der Waals surface area contributed by atoms with Crippen LogP contribution >= 0.6 is 0 Å². The van der Waals surface area contributed by atoms with Crippen LogP contribution in [0.1, 0.15) is 12.8 Å². The molecule has 0 unspecified atom stereocenters. The van der Waals surface area contributed by atoms with E-state index in [9.17, 15) is 0 Å². The first-order valence-electron chi connectivity index (χ1n) is 3.88. The van der Waals surface area contributed by atoms with Gasteiger partial charge in [-0.25, -0.2) is 5.84 Å². The standard InChI is InChI=1S/C7H15N3O/c1-11-5-4-9-7(10-8)6-2-3-6/h6H,2-5,8H2,1H3,(H,9,10). The lowest BCUT2D eigenvalue weighted by molar-refractivity contribution is 0.208. The SMILES string of the molecule is COCCN=C(NN)C1CC1. The highest BCUT2D eigenvalue weighted by molar-refractivity contribution is 5.86. The Morgan fingerprint density at radius 2 is 2.45 bits per heavy atom. The molecular formula is C7H15N3O. The quantitative estimate of drug-likeness (QED) is 0.197. The zero-order valence-corrected chi connectivity index (χ0v) is 6.84. The monoisotopic (exact) mass is 157 g/mol. The van der Waals surface area contributed by atoms with Gasteiger partial charge in [0.25, 0.3) is 0 Å². The average molecular weight is 157 g/mol. The molecule has 0 amide bonds. The highest BCUT2D eigenvalue weighted by atomic mass is 16.5. The Morgan fingerprint density at radius 3 is 2.91 bits per heavy atom. The molecule has 0 atom stereocenters. The van der Waals surface area contributed by atoms with Crippen LogP contribution in [0, 0.1) is 5.92 Å². The Morgan fingerprint density at radius 1 is 1.73 bits per heavy atom. The van der Waals surface area contributed by atoms with Crippen LogP contribution in [0.4, 0.5) is 0 Å². The van der Waals surface area contributed by atoms with Crippen LogP contribution in [0.15, 0.2) is 4.99 Å². The summed E-state index contributed by atoms with van der Waals surface area (Å²) in [6.45, 7) is 1.37. The Kier molecular flexibility index (Phi) is 3.32. The molecule has 1 saturated carbocycles. The van der Waals surface area contributed by atoms with E-state index >= 15 is 0 Å². The number of amidine groups is 1. The molecule has 0 heterocycles. The molecular weight excluding hydrogens is 142 g/mol. The molecule has 3 N–H and O–H groups in total. The van der Waals surface area contributed by atoms with Gasteiger partial charge in [-0.15, -0.1) is 0 Å². The third-order valence-corrected chi connectivity index (χ3v) is 1.69. The topological polar surface area (TPSA) is 59.6 Å². The summed E-state index contributed by atoms with van der Waals surface area (Å²) in [5.74, 6) is 6.80. The molecule has 0 aromatic carbocycles. The molecule has 4 heteroatoms. The van der Waals surface area contributed by atoms with Crippen LogP contribution < -0.4 is 11.3 Å². The Labute approximate surface area is 66.8 Å². The molecule has 0 saturated heterocycles. The number of hydrogen-bond acceptors (Lipinski definition) is 3. The molecule has 1 fully saturated rings. The summed E-state index contributed by atoms with van der Waals surface area (Å²) in [5.41, 5.74) is 2.62. The fourth-order valence-corrected chi connectivity index (χ4v) is 0.907. The van der Waals surface area contributed by atoms with E-state index in [1.54, 1.807) is 7.11 Å². The van der Waals surface area contributed by atoms with Gasteiger partial charge in [0, 0.05) is 13.0 Å². The number of aliphatic imine (C=N–C) groups is 1. The van der Waals surface area contributed by atoms with Crippen LogP contribution in [-0.2, 0) is 4.74 Å². The van der Waals surface area contributed by atoms with Gasteiger partial charge < -0.3 is 10.2 Å². The Balaban J connectivity index is 2.21. The van der Waals surface area contributed by atoms with Crippen molar-refractivity contribution in [3.8, 4) is 0 Å². The van der Waals surface area contributed by atoms with E-state index in [0.717, 1.165) is 5.84 Å². The van der Waals surface area contributed by atoms with E-state index in [1.165, 1.54) is 12.8 Å². The van der Waals surface area contributed by atoms with E-state index in [1.807, 2.05) is 0 Å².